The van der Waals surface area contributed by atoms with Crippen molar-refractivity contribution in [3.8, 4) is 5.75 Å². The maximum absolute atomic E-state index is 6.22. The van der Waals surface area contributed by atoms with Gasteiger partial charge in [-0.2, -0.15) is 0 Å². The van der Waals surface area contributed by atoms with Gasteiger partial charge >= 0.3 is 21.7 Å². The van der Waals surface area contributed by atoms with E-state index in [1.165, 1.54) is 22.3 Å². The van der Waals surface area contributed by atoms with Crippen molar-refractivity contribution in [2.75, 3.05) is 0 Å². The third-order valence-electron chi connectivity index (χ3n) is 4.39. The van der Waals surface area contributed by atoms with E-state index in [4.69, 9.17) is 39.5 Å². The average molecular weight is 450 g/mol. The maximum atomic E-state index is 6.22. The van der Waals surface area contributed by atoms with Gasteiger partial charge in [0.25, 0.3) is 0 Å². The number of ether oxygens (including phenoxy) is 1. The molecule has 0 amide bonds. The van der Waals surface area contributed by atoms with Crippen molar-refractivity contribution in [2.45, 2.75) is 40.2 Å². The number of hydrogen-bond donors (Lipinski definition) is 0. The summed E-state index contributed by atoms with van der Waals surface area (Å²) in [6, 6.07) is 3.28. The standard InChI is InChI=1S/C16H17Cl3O.2ClH.Ti/c1-8-9(2)11(4)16(5,10(8)3)20-15-13(18)6-12(17)7-14(15)19;;;/h6-7H,1-5H3;2*1H;/q;;;+2/p-2. The van der Waals surface area contributed by atoms with Gasteiger partial charge in [0.2, 0.25) is 0 Å². The Morgan fingerprint density at radius 1 is 0.826 bits per heavy atom. The van der Waals surface area contributed by atoms with Gasteiger partial charge in [0.1, 0.15) is 5.60 Å². The van der Waals surface area contributed by atoms with Crippen molar-refractivity contribution in [3.05, 3.63) is 49.5 Å². The van der Waals surface area contributed by atoms with Crippen molar-refractivity contribution < 1.29 is 51.3 Å². The first-order valence-electron chi connectivity index (χ1n) is 6.38. The summed E-state index contributed by atoms with van der Waals surface area (Å²) in [5.74, 6) is 0.474. The van der Waals surface area contributed by atoms with Crippen LogP contribution < -0.4 is 29.6 Å². The number of benzene rings is 1. The smallest absolute Gasteiger partial charge is 1.00 e. The van der Waals surface area contributed by atoms with Gasteiger partial charge < -0.3 is 29.6 Å². The van der Waals surface area contributed by atoms with E-state index in [1.54, 1.807) is 12.1 Å². The molecular weight excluding hydrogens is 433 g/mol. The predicted molar refractivity (Wildman–Crippen MR) is 87.3 cm³/mol. The molecule has 0 saturated carbocycles. The number of rotatable bonds is 2. The van der Waals surface area contributed by atoms with Crippen LogP contribution in [0.15, 0.2) is 34.4 Å². The molecule has 0 atom stereocenters. The summed E-state index contributed by atoms with van der Waals surface area (Å²) in [7, 11) is 0. The Morgan fingerprint density at radius 2 is 1.17 bits per heavy atom. The zero-order chi connectivity index (χ0) is 15.2. The first-order chi connectivity index (χ1) is 9.18. The summed E-state index contributed by atoms with van der Waals surface area (Å²) >= 11 is 18.4. The Hall–Kier alpha value is 0.664. The third-order valence-corrected chi connectivity index (χ3v) is 5.17. The fourth-order valence-corrected chi connectivity index (χ4v) is 3.44. The molecular formula is C16H17Cl5OTi. The van der Waals surface area contributed by atoms with Crippen molar-refractivity contribution in [3.63, 3.8) is 0 Å². The molecule has 0 saturated heterocycles. The zero-order valence-electron chi connectivity index (χ0n) is 13.5. The molecule has 0 heterocycles. The largest absolute Gasteiger partial charge is 2.00 e. The Labute approximate surface area is 180 Å². The fourth-order valence-electron chi connectivity index (χ4n) is 2.54. The second-order valence-corrected chi connectivity index (χ2v) is 6.58. The van der Waals surface area contributed by atoms with Gasteiger partial charge in [-0.25, -0.2) is 0 Å². The van der Waals surface area contributed by atoms with E-state index in [0.717, 1.165) is 0 Å². The summed E-state index contributed by atoms with van der Waals surface area (Å²) in [6.45, 7) is 10.4. The van der Waals surface area contributed by atoms with Gasteiger partial charge in [0.15, 0.2) is 5.75 Å². The summed E-state index contributed by atoms with van der Waals surface area (Å²) < 4.78 is 6.21. The van der Waals surface area contributed by atoms with Crippen LogP contribution in [0.2, 0.25) is 15.1 Å². The van der Waals surface area contributed by atoms with Crippen LogP contribution in [-0.4, -0.2) is 5.60 Å². The van der Waals surface area contributed by atoms with Crippen LogP contribution in [0.1, 0.15) is 34.6 Å². The van der Waals surface area contributed by atoms with Crippen LogP contribution in [0.5, 0.6) is 5.75 Å². The molecule has 1 aliphatic carbocycles. The molecule has 1 aliphatic rings. The maximum Gasteiger partial charge on any atom is 2.00 e. The van der Waals surface area contributed by atoms with Gasteiger partial charge in [0, 0.05) is 5.02 Å². The summed E-state index contributed by atoms with van der Waals surface area (Å²) in [5, 5.41) is 1.34. The van der Waals surface area contributed by atoms with Crippen molar-refractivity contribution in [2.24, 2.45) is 0 Å². The first-order valence-corrected chi connectivity index (χ1v) is 7.51. The molecule has 23 heavy (non-hydrogen) atoms. The Morgan fingerprint density at radius 3 is 1.52 bits per heavy atom. The minimum atomic E-state index is -0.519. The third kappa shape index (κ3) is 4.64. The molecule has 126 valence electrons. The van der Waals surface area contributed by atoms with Gasteiger partial charge in [0.05, 0.1) is 10.0 Å². The van der Waals surface area contributed by atoms with Gasteiger partial charge in [-0.1, -0.05) is 34.8 Å². The Balaban J connectivity index is 0. The summed E-state index contributed by atoms with van der Waals surface area (Å²) in [4.78, 5) is 0. The average Bonchev–Trinajstić information content (AvgIpc) is 2.51. The van der Waals surface area contributed by atoms with Crippen molar-refractivity contribution in [1.82, 2.24) is 0 Å². The van der Waals surface area contributed by atoms with Gasteiger partial charge in [-0.05, 0) is 69.0 Å². The van der Waals surface area contributed by atoms with Gasteiger partial charge in [-0.15, -0.1) is 0 Å². The molecule has 1 aromatic carbocycles. The van der Waals surface area contributed by atoms with Crippen LogP contribution in [0, 0.1) is 0 Å². The molecule has 0 radical (unpaired) electrons. The van der Waals surface area contributed by atoms with E-state index >= 15 is 0 Å². The van der Waals surface area contributed by atoms with Crippen LogP contribution in [-0.2, 0) is 21.7 Å². The van der Waals surface area contributed by atoms with Crippen LogP contribution in [0.25, 0.3) is 0 Å². The predicted octanol–water partition coefficient (Wildman–Crippen LogP) is 0.476. The van der Waals surface area contributed by atoms with Crippen LogP contribution >= 0.6 is 34.8 Å². The summed E-state index contributed by atoms with van der Waals surface area (Å²) in [6.07, 6.45) is 0. The Bertz CT molecular complexity index is 605. The molecule has 0 aliphatic heterocycles. The van der Waals surface area contributed by atoms with Crippen LogP contribution in [0.4, 0.5) is 0 Å². The second kappa shape index (κ2) is 9.39. The van der Waals surface area contributed by atoms with Crippen LogP contribution in [0.3, 0.4) is 0 Å². The molecule has 1 aromatic rings. The minimum absolute atomic E-state index is 0. The van der Waals surface area contributed by atoms with E-state index in [-0.39, 0.29) is 46.5 Å². The summed E-state index contributed by atoms with van der Waals surface area (Å²) in [5.41, 5.74) is 4.34. The number of halogens is 5. The fraction of sp³-hybridized carbons (Fsp3) is 0.375. The van der Waals surface area contributed by atoms with E-state index in [1.807, 2.05) is 6.92 Å². The molecule has 0 spiro atoms. The molecule has 0 unspecified atom stereocenters. The molecule has 2 rings (SSSR count). The molecule has 0 fully saturated rings. The van der Waals surface area contributed by atoms with Crippen molar-refractivity contribution >= 4 is 34.8 Å². The molecule has 0 aromatic heterocycles. The monoisotopic (exact) mass is 448 g/mol. The van der Waals surface area contributed by atoms with E-state index in [2.05, 4.69) is 27.7 Å². The zero-order valence-corrected chi connectivity index (χ0v) is 18.8. The number of hydrogen-bond acceptors (Lipinski definition) is 1. The van der Waals surface area contributed by atoms with E-state index < -0.39 is 5.60 Å². The molecule has 7 heteroatoms. The quantitative estimate of drug-likeness (QED) is 0.596. The Kier molecular flexibility index (Phi) is 10.6. The minimum Gasteiger partial charge on any atom is -1.00 e. The molecule has 0 bridgehead atoms. The first kappa shape index (κ1) is 25.9. The number of allylic oxidation sites excluding steroid dienone is 2. The van der Waals surface area contributed by atoms with E-state index in [0.29, 0.717) is 20.8 Å². The van der Waals surface area contributed by atoms with E-state index in [9.17, 15) is 0 Å². The molecule has 1 nitrogen and oxygen atoms in total. The SMILES string of the molecule is CC1=C(C)C(C)(Oc2c(Cl)cc(Cl)cc2Cl)C(C)=C1C.[Cl-].[Cl-].[Ti+2]. The normalized spacial score (nSPS) is 15.7. The van der Waals surface area contributed by atoms with Crippen molar-refractivity contribution in [1.29, 1.82) is 0 Å². The topological polar surface area (TPSA) is 9.23 Å². The van der Waals surface area contributed by atoms with Gasteiger partial charge in [-0.3, -0.25) is 0 Å². The molecule has 0 N–H and O–H groups in total. The second-order valence-electron chi connectivity index (χ2n) is 5.33.